The molecular weight excluding hydrogens is 456 g/mol. The number of hydrogen-bond donors (Lipinski definition) is 0. The Kier molecular flexibility index (Phi) is 4.75. The molecule has 0 fully saturated rings. The summed E-state index contributed by atoms with van der Waals surface area (Å²) in [6, 6.07) is 49.1. The van der Waals surface area contributed by atoms with Gasteiger partial charge in [0.1, 0.15) is 0 Å². The van der Waals surface area contributed by atoms with Crippen LogP contribution in [0.15, 0.2) is 133 Å². The third kappa shape index (κ3) is 3.04. The summed E-state index contributed by atoms with van der Waals surface area (Å²) in [7, 11) is 0. The Labute approximate surface area is 222 Å². The average Bonchev–Trinajstić information content (AvgIpc) is 3.01. The van der Waals surface area contributed by atoms with Gasteiger partial charge in [0.2, 0.25) is 0 Å². The summed E-state index contributed by atoms with van der Waals surface area (Å²) in [4.78, 5) is 0. The van der Waals surface area contributed by atoms with Crippen LogP contribution in [0.4, 0.5) is 0 Å². The summed E-state index contributed by atoms with van der Waals surface area (Å²) in [5, 5.41) is 8.05. The molecule has 0 saturated carbocycles. The molecule has 1 aliphatic rings. The highest BCUT2D eigenvalue weighted by atomic mass is 14.3. The molecule has 7 aromatic carbocycles. The number of fused-ring (bicyclic) bond motifs is 10. The third-order valence-corrected chi connectivity index (χ3v) is 8.34. The van der Waals surface area contributed by atoms with Crippen molar-refractivity contribution in [1.29, 1.82) is 0 Å². The highest BCUT2D eigenvalue weighted by molar-refractivity contribution is 6.33. The number of hydrogen-bond acceptors (Lipinski definition) is 0. The van der Waals surface area contributed by atoms with Crippen LogP contribution < -0.4 is 0 Å². The Hall–Kier alpha value is -4.68. The molecule has 0 amide bonds. The number of benzene rings is 7. The van der Waals surface area contributed by atoms with Gasteiger partial charge in [0.25, 0.3) is 0 Å². The van der Waals surface area contributed by atoms with E-state index >= 15 is 0 Å². The Bertz CT molecular complexity index is 2000. The van der Waals surface area contributed by atoms with Crippen molar-refractivity contribution in [1.82, 2.24) is 0 Å². The van der Waals surface area contributed by atoms with E-state index in [9.17, 15) is 0 Å². The van der Waals surface area contributed by atoms with Gasteiger partial charge in [-0.05, 0) is 89.7 Å². The summed E-state index contributed by atoms with van der Waals surface area (Å²) in [6.07, 6.45) is 2.10. The minimum atomic E-state index is 1.04. The molecule has 0 heterocycles. The standard InChI is InChI=1S/C38H26/c1-3-14-26(15-4-1)34-33-24-23-25-13-7-8-18-28(25)36(33)38-32-22-12-10-20-30(32)29-19-9-11-21-31(29)37(38)35(34)27-16-5-2-6-17-27/h1-22H,23-24H2. The number of rotatable bonds is 2. The van der Waals surface area contributed by atoms with Crippen molar-refractivity contribution in [3.63, 3.8) is 0 Å². The Balaban J connectivity index is 1.74. The van der Waals surface area contributed by atoms with Gasteiger partial charge in [-0.2, -0.15) is 0 Å². The van der Waals surface area contributed by atoms with Crippen LogP contribution in [0.25, 0.3) is 65.7 Å². The predicted molar refractivity (Wildman–Crippen MR) is 163 cm³/mol. The Morgan fingerprint density at radius 2 is 0.816 bits per heavy atom. The molecule has 0 unspecified atom stereocenters. The van der Waals surface area contributed by atoms with Gasteiger partial charge in [-0.25, -0.2) is 0 Å². The highest BCUT2D eigenvalue weighted by Crippen LogP contribution is 2.53. The van der Waals surface area contributed by atoms with Crippen molar-refractivity contribution in [3.05, 3.63) is 145 Å². The topological polar surface area (TPSA) is 0 Å². The summed E-state index contributed by atoms with van der Waals surface area (Å²) in [5.41, 5.74) is 11.0. The monoisotopic (exact) mass is 482 g/mol. The van der Waals surface area contributed by atoms with Crippen LogP contribution in [0.3, 0.4) is 0 Å². The van der Waals surface area contributed by atoms with Gasteiger partial charge in [0, 0.05) is 0 Å². The SMILES string of the molecule is c1ccc(-c2c3c(c4c5ccccc5c5ccccc5c4c2-c2ccccc2)-c2ccccc2CC3)cc1. The zero-order valence-corrected chi connectivity index (χ0v) is 21.1. The van der Waals surface area contributed by atoms with Crippen LogP contribution in [-0.2, 0) is 12.8 Å². The molecule has 0 N–H and O–H groups in total. The van der Waals surface area contributed by atoms with Crippen molar-refractivity contribution in [2.75, 3.05) is 0 Å². The summed E-state index contributed by atoms with van der Waals surface area (Å²) in [5.74, 6) is 0. The molecule has 0 aliphatic heterocycles. The summed E-state index contributed by atoms with van der Waals surface area (Å²) >= 11 is 0. The van der Waals surface area contributed by atoms with E-state index in [4.69, 9.17) is 0 Å². The molecule has 0 aromatic heterocycles. The molecule has 0 atom stereocenters. The van der Waals surface area contributed by atoms with E-state index in [1.165, 1.54) is 76.8 Å². The minimum Gasteiger partial charge on any atom is -0.0622 e. The first-order valence-electron chi connectivity index (χ1n) is 13.5. The second-order valence-corrected chi connectivity index (χ2v) is 10.3. The predicted octanol–water partition coefficient (Wildman–Crippen LogP) is 10.2. The average molecular weight is 483 g/mol. The molecule has 0 saturated heterocycles. The van der Waals surface area contributed by atoms with E-state index in [1.807, 2.05) is 0 Å². The van der Waals surface area contributed by atoms with Gasteiger partial charge in [-0.3, -0.25) is 0 Å². The Morgan fingerprint density at radius 1 is 0.342 bits per heavy atom. The lowest BCUT2D eigenvalue weighted by Crippen LogP contribution is -2.08. The van der Waals surface area contributed by atoms with E-state index in [2.05, 4.69) is 133 Å². The molecule has 0 nitrogen and oxygen atoms in total. The molecule has 178 valence electrons. The third-order valence-electron chi connectivity index (χ3n) is 8.34. The van der Waals surface area contributed by atoms with Crippen molar-refractivity contribution < 1.29 is 0 Å². The molecule has 7 aromatic rings. The van der Waals surface area contributed by atoms with Gasteiger partial charge in [-0.15, -0.1) is 0 Å². The minimum absolute atomic E-state index is 1.04. The summed E-state index contributed by atoms with van der Waals surface area (Å²) in [6.45, 7) is 0. The normalized spacial score (nSPS) is 12.5. The molecule has 0 radical (unpaired) electrons. The van der Waals surface area contributed by atoms with Crippen LogP contribution in [-0.4, -0.2) is 0 Å². The first kappa shape index (κ1) is 21.4. The largest absolute Gasteiger partial charge is 0.0622 e. The van der Waals surface area contributed by atoms with Crippen LogP contribution in [0, 0.1) is 0 Å². The van der Waals surface area contributed by atoms with Crippen LogP contribution in [0.2, 0.25) is 0 Å². The fourth-order valence-electron chi connectivity index (χ4n) is 6.82. The fraction of sp³-hybridized carbons (Fsp3) is 0.0526. The van der Waals surface area contributed by atoms with Gasteiger partial charge in [0.05, 0.1) is 0 Å². The smallest absolute Gasteiger partial charge is 0.000765 e. The van der Waals surface area contributed by atoms with Crippen molar-refractivity contribution >= 4 is 32.3 Å². The molecule has 8 rings (SSSR count). The Morgan fingerprint density at radius 3 is 1.45 bits per heavy atom. The van der Waals surface area contributed by atoms with E-state index in [1.54, 1.807) is 0 Å². The zero-order valence-electron chi connectivity index (χ0n) is 21.1. The zero-order chi connectivity index (χ0) is 25.1. The van der Waals surface area contributed by atoms with E-state index in [0.717, 1.165) is 12.8 Å². The molecule has 38 heavy (non-hydrogen) atoms. The summed E-state index contributed by atoms with van der Waals surface area (Å²) < 4.78 is 0. The second-order valence-electron chi connectivity index (χ2n) is 10.3. The van der Waals surface area contributed by atoms with Crippen molar-refractivity contribution in [2.24, 2.45) is 0 Å². The maximum absolute atomic E-state index is 2.34. The molecule has 0 spiro atoms. The van der Waals surface area contributed by atoms with Gasteiger partial charge in [-0.1, -0.05) is 133 Å². The van der Waals surface area contributed by atoms with E-state index in [0.29, 0.717) is 0 Å². The molecular formula is C38H26. The van der Waals surface area contributed by atoms with Crippen molar-refractivity contribution in [2.45, 2.75) is 12.8 Å². The van der Waals surface area contributed by atoms with Crippen LogP contribution in [0.1, 0.15) is 11.1 Å². The molecule has 0 bridgehead atoms. The van der Waals surface area contributed by atoms with Gasteiger partial charge < -0.3 is 0 Å². The quantitative estimate of drug-likeness (QED) is 0.215. The van der Waals surface area contributed by atoms with E-state index in [-0.39, 0.29) is 0 Å². The van der Waals surface area contributed by atoms with Gasteiger partial charge >= 0.3 is 0 Å². The first-order chi connectivity index (χ1) is 18.9. The van der Waals surface area contributed by atoms with Crippen molar-refractivity contribution in [3.8, 4) is 33.4 Å². The lowest BCUT2D eigenvalue weighted by molar-refractivity contribution is 0.947. The number of aryl methyl sites for hydroxylation is 1. The van der Waals surface area contributed by atoms with Gasteiger partial charge in [0.15, 0.2) is 0 Å². The fourth-order valence-corrected chi connectivity index (χ4v) is 6.82. The maximum Gasteiger partial charge on any atom is -0.000765 e. The lowest BCUT2D eigenvalue weighted by Gasteiger charge is -2.29. The molecule has 1 aliphatic carbocycles. The van der Waals surface area contributed by atoms with Crippen LogP contribution in [0.5, 0.6) is 0 Å². The lowest BCUT2D eigenvalue weighted by atomic mass is 9.74. The second kappa shape index (κ2) is 8.43. The van der Waals surface area contributed by atoms with Crippen LogP contribution >= 0.6 is 0 Å². The first-order valence-corrected chi connectivity index (χ1v) is 13.5. The molecule has 0 heteroatoms. The highest BCUT2D eigenvalue weighted by Gasteiger charge is 2.28. The maximum atomic E-state index is 2.34. The van der Waals surface area contributed by atoms with E-state index < -0.39 is 0 Å².